The fraction of sp³-hybridized carbons (Fsp3) is 0. The predicted molar refractivity (Wildman–Crippen MR) is 97.9 cm³/mol. The second-order valence-electron chi connectivity index (χ2n) is 5.98. The Bertz CT molecular complexity index is 1300. The molecular formula is C20H10O8. The van der Waals surface area contributed by atoms with Gasteiger partial charge in [-0.15, -0.1) is 0 Å². The van der Waals surface area contributed by atoms with Gasteiger partial charge in [-0.25, -0.2) is 9.59 Å². The van der Waals surface area contributed by atoms with Gasteiger partial charge in [0, 0.05) is 12.1 Å². The number of rotatable bonds is 3. The third kappa shape index (κ3) is 2.82. The first-order chi connectivity index (χ1) is 13.3. The van der Waals surface area contributed by atoms with E-state index in [1.165, 1.54) is 24.3 Å². The van der Waals surface area contributed by atoms with E-state index in [9.17, 15) is 19.2 Å². The summed E-state index contributed by atoms with van der Waals surface area (Å²) in [6, 6.07) is 11.0. The van der Waals surface area contributed by atoms with Gasteiger partial charge in [-0.2, -0.15) is 0 Å². The van der Waals surface area contributed by atoms with Crippen molar-refractivity contribution >= 4 is 33.9 Å². The fourth-order valence-corrected chi connectivity index (χ4v) is 2.88. The van der Waals surface area contributed by atoms with Crippen LogP contribution in [0.1, 0.15) is 21.1 Å². The van der Waals surface area contributed by atoms with E-state index in [1.807, 2.05) is 0 Å². The van der Waals surface area contributed by atoms with Crippen molar-refractivity contribution in [2.75, 3.05) is 0 Å². The maximum absolute atomic E-state index is 12.0. The summed E-state index contributed by atoms with van der Waals surface area (Å²) in [6.45, 7) is 0. The van der Waals surface area contributed by atoms with E-state index in [0.29, 0.717) is 11.1 Å². The number of carboxylic acid groups (broad SMARTS) is 2. The lowest BCUT2D eigenvalue weighted by molar-refractivity contribution is 0.0653. The van der Waals surface area contributed by atoms with E-state index in [4.69, 9.17) is 19.0 Å². The third-order valence-corrected chi connectivity index (χ3v) is 4.21. The molecule has 0 aliphatic carbocycles. The van der Waals surface area contributed by atoms with Gasteiger partial charge in [0.15, 0.2) is 10.9 Å². The summed E-state index contributed by atoms with van der Waals surface area (Å²) in [4.78, 5) is 46.3. The van der Waals surface area contributed by atoms with Crippen LogP contribution < -0.4 is 10.9 Å². The zero-order valence-electron chi connectivity index (χ0n) is 14.0. The van der Waals surface area contributed by atoms with Crippen LogP contribution in [0.25, 0.3) is 33.1 Å². The van der Waals surface area contributed by atoms with Gasteiger partial charge < -0.3 is 19.0 Å². The summed E-state index contributed by atoms with van der Waals surface area (Å²) in [6.07, 6.45) is 0. The SMILES string of the molecule is O=C(O)c1cc(=O)c2ccc(-c3ccc4c(=O)cc(C(=O)O)oc4c3)cc2o1. The van der Waals surface area contributed by atoms with E-state index in [1.54, 1.807) is 12.1 Å². The van der Waals surface area contributed by atoms with E-state index in [2.05, 4.69) is 0 Å². The van der Waals surface area contributed by atoms with E-state index in [0.717, 1.165) is 12.1 Å². The first-order valence-electron chi connectivity index (χ1n) is 7.96. The highest BCUT2D eigenvalue weighted by Crippen LogP contribution is 2.26. The number of hydrogen-bond donors (Lipinski definition) is 2. The lowest BCUT2D eigenvalue weighted by Gasteiger charge is -2.06. The predicted octanol–water partition coefficient (Wildman–Crippen LogP) is 2.96. The van der Waals surface area contributed by atoms with Gasteiger partial charge >= 0.3 is 11.9 Å². The molecule has 0 unspecified atom stereocenters. The second-order valence-corrected chi connectivity index (χ2v) is 5.98. The van der Waals surface area contributed by atoms with Crippen molar-refractivity contribution in [3.05, 3.63) is 80.5 Å². The van der Waals surface area contributed by atoms with Gasteiger partial charge in [0.05, 0.1) is 10.8 Å². The Balaban J connectivity index is 1.92. The number of benzene rings is 2. The minimum atomic E-state index is -1.36. The molecule has 0 aliphatic heterocycles. The maximum atomic E-state index is 12.0. The Labute approximate surface area is 154 Å². The average molecular weight is 378 g/mol. The molecule has 4 rings (SSSR count). The highest BCUT2D eigenvalue weighted by molar-refractivity contribution is 5.91. The van der Waals surface area contributed by atoms with Gasteiger partial charge in [0.2, 0.25) is 11.5 Å². The molecule has 0 fully saturated rings. The highest BCUT2D eigenvalue weighted by atomic mass is 16.4. The molecule has 0 bridgehead atoms. The molecule has 2 aromatic carbocycles. The number of carboxylic acids is 2. The summed E-state index contributed by atoms with van der Waals surface area (Å²) in [7, 11) is 0. The largest absolute Gasteiger partial charge is 0.475 e. The van der Waals surface area contributed by atoms with Gasteiger partial charge in [0.25, 0.3) is 0 Å². The van der Waals surface area contributed by atoms with Gasteiger partial charge in [-0.1, -0.05) is 12.1 Å². The molecule has 0 saturated heterocycles. The topological polar surface area (TPSA) is 135 Å². The molecule has 0 amide bonds. The Morgan fingerprint density at radius 2 is 1.04 bits per heavy atom. The van der Waals surface area contributed by atoms with E-state index in [-0.39, 0.29) is 21.9 Å². The molecule has 2 heterocycles. The van der Waals surface area contributed by atoms with Gasteiger partial charge in [-0.3, -0.25) is 9.59 Å². The van der Waals surface area contributed by atoms with Crippen molar-refractivity contribution in [2.24, 2.45) is 0 Å². The van der Waals surface area contributed by atoms with Crippen LogP contribution in [-0.4, -0.2) is 22.2 Å². The molecule has 0 atom stereocenters. The molecule has 0 radical (unpaired) electrons. The number of carbonyl (C=O) groups is 2. The zero-order chi connectivity index (χ0) is 20.0. The van der Waals surface area contributed by atoms with Crippen LogP contribution >= 0.6 is 0 Å². The minimum absolute atomic E-state index is 0.0863. The molecule has 138 valence electrons. The average Bonchev–Trinajstić information content (AvgIpc) is 2.66. The molecule has 8 nitrogen and oxygen atoms in total. The van der Waals surface area contributed by atoms with Crippen LogP contribution in [0.2, 0.25) is 0 Å². The smallest absolute Gasteiger partial charge is 0.371 e. The number of fused-ring (bicyclic) bond motifs is 2. The first kappa shape index (κ1) is 17.2. The third-order valence-electron chi connectivity index (χ3n) is 4.21. The van der Waals surface area contributed by atoms with Crippen molar-refractivity contribution in [3.63, 3.8) is 0 Å². The molecule has 8 heteroatoms. The Hall–Kier alpha value is -4.20. The van der Waals surface area contributed by atoms with Crippen LogP contribution in [0.3, 0.4) is 0 Å². The van der Waals surface area contributed by atoms with Crippen molar-refractivity contribution in [3.8, 4) is 11.1 Å². The summed E-state index contributed by atoms with van der Waals surface area (Å²) in [5.41, 5.74) is 0.319. The van der Waals surface area contributed by atoms with Crippen LogP contribution in [0, 0.1) is 0 Å². The first-order valence-corrected chi connectivity index (χ1v) is 7.96. The van der Waals surface area contributed by atoms with Crippen LogP contribution in [-0.2, 0) is 0 Å². The summed E-state index contributed by atoms with van der Waals surface area (Å²) in [5, 5.41) is 18.5. The van der Waals surface area contributed by atoms with Gasteiger partial charge in [-0.05, 0) is 35.4 Å². The minimum Gasteiger partial charge on any atom is -0.475 e. The molecule has 2 aromatic heterocycles. The monoisotopic (exact) mass is 378 g/mol. The molecule has 4 aromatic rings. The lowest BCUT2D eigenvalue weighted by atomic mass is 10.0. The molecule has 2 N–H and O–H groups in total. The Kier molecular flexibility index (Phi) is 3.82. The quantitative estimate of drug-likeness (QED) is 0.555. The molecule has 0 aliphatic rings. The zero-order valence-corrected chi connectivity index (χ0v) is 14.0. The van der Waals surface area contributed by atoms with E-state index < -0.39 is 34.3 Å². The standard InChI is InChI=1S/C20H10O8/c21-13-7-17(19(23)24)27-15-5-9(1-3-11(13)15)10-2-4-12-14(22)8-18(20(25)26)28-16(12)6-10/h1-8H,(H,23,24)(H,25,26). The Morgan fingerprint density at radius 3 is 1.39 bits per heavy atom. The van der Waals surface area contributed by atoms with Crippen molar-refractivity contribution in [1.29, 1.82) is 0 Å². The van der Waals surface area contributed by atoms with Crippen molar-refractivity contribution < 1.29 is 28.6 Å². The fourth-order valence-electron chi connectivity index (χ4n) is 2.88. The van der Waals surface area contributed by atoms with Crippen LogP contribution in [0.5, 0.6) is 0 Å². The summed E-state index contributed by atoms with van der Waals surface area (Å²) >= 11 is 0. The molecule has 0 saturated carbocycles. The molecule has 28 heavy (non-hydrogen) atoms. The van der Waals surface area contributed by atoms with Crippen LogP contribution in [0.15, 0.2) is 67.0 Å². The summed E-state index contributed by atoms with van der Waals surface area (Å²) in [5.74, 6) is -3.69. The van der Waals surface area contributed by atoms with Crippen LogP contribution in [0.4, 0.5) is 0 Å². The van der Waals surface area contributed by atoms with Crippen molar-refractivity contribution in [1.82, 2.24) is 0 Å². The molecule has 0 spiro atoms. The maximum Gasteiger partial charge on any atom is 0.371 e. The normalized spacial score (nSPS) is 11.0. The Morgan fingerprint density at radius 1 is 0.643 bits per heavy atom. The van der Waals surface area contributed by atoms with E-state index >= 15 is 0 Å². The van der Waals surface area contributed by atoms with Crippen molar-refractivity contribution in [2.45, 2.75) is 0 Å². The number of hydrogen-bond acceptors (Lipinski definition) is 6. The lowest BCUT2D eigenvalue weighted by Crippen LogP contribution is -2.06. The second kappa shape index (κ2) is 6.20. The van der Waals surface area contributed by atoms with Gasteiger partial charge in [0.1, 0.15) is 11.2 Å². The molecular weight excluding hydrogens is 368 g/mol. The highest BCUT2D eigenvalue weighted by Gasteiger charge is 2.14. The summed E-state index contributed by atoms with van der Waals surface area (Å²) < 4.78 is 10.5. The number of aromatic carboxylic acids is 2.